The number of nitrogens with two attached hydrogens (primary N) is 1. The van der Waals surface area contributed by atoms with E-state index < -0.39 is 5.97 Å². The van der Waals surface area contributed by atoms with Crippen LogP contribution in [0.15, 0.2) is 45.8 Å². The van der Waals surface area contributed by atoms with Crippen molar-refractivity contribution in [3.63, 3.8) is 0 Å². The molecule has 104 valence electrons. The predicted molar refractivity (Wildman–Crippen MR) is 86.3 cm³/mol. The number of nitrogen functional groups attached to an aromatic ring is 1. The molecule has 0 spiro atoms. The minimum atomic E-state index is -0.917. The lowest BCUT2D eigenvalue weighted by atomic mass is 10.1. The van der Waals surface area contributed by atoms with E-state index in [0.717, 1.165) is 27.0 Å². The summed E-state index contributed by atoms with van der Waals surface area (Å²) in [5.74, 6) is -0.148. The molecule has 0 atom stereocenters. The molecule has 2 aromatic rings. The van der Waals surface area contributed by atoms with Crippen LogP contribution < -0.4 is 5.73 Å². The highest BCUT2D eigenvalue weighted by atomic mass is 79.9. The van der Waals surface area contributed by atoms with Crippen LogP contribution in [0.3, 0.4) is 0 Å². The number of hydrogen-bond acceptors (Lipinski definition) is 3. The number of anilines is 1. The van der Waals surface area contributed by atoms with Gasteiger partial charge in [0.2, 0.25) is 0 Å². The Hall–Kier alpha value is -1.46. The first-order valence-corrected chi connectivity index (χ1v) is 7.76. The zero-order chi connectivity index (χ0) is 14.7. The van der Waals surface area contributed by atoms with Crippen LogP contribution >= 0.6 is 27.7 Å². The third kappa shape index (κ3) is 3.55. The van der Waals surface area contributed by atoms with Gasteiger partial charge in [-0.2, -0.15) is 0 Å². The number of thioether (sulfide) groups is 1. The van der Waals surface area contributed by atoms with E-state index in [9.17, 15) is 4.79 Å². The van der Waals surface area contributed by atoms with Crippen molar-refractivity contribution in [2.75, 3.05) is 5.73 Å². The van der Waals surface area contributed by atoms with Gasteiger partial charge >= 0.3 is 5.97 Å². The van der Waals surface area contributed by atoms with Crippen molar-refractivity contribution in [1.29, 1.82) is 0 Å². The maximum atomic E-state index is 10.9. The molecule has 0 saturated carbocycles. The molecule has 3 N–H and O–H groups in total. The average Bonchev–Trinajstić information content (AvgIpc) is 2.38. The Morgan fingerprint density at radius 3 is 2.65 bits per heavy atom. The van der Waals surface area contributed by atoms with Gasteiger partial charge in [-0.1, -0.05) is 22.0 Å². The zero-order valence-corrected chi connectivity index (χ0v) is 13.3. The lowest BCUT2D eigenvalue weighted by Crippen LogP contribution is -1.97. The molecule has 20 heavy (non-hydrogen) atoms. The van der Waals surface area contributed by atoms with Crippen molar-refractivity contribution in [2.24, 2.45) is 0 Å². The first-order valence-electron chi connectivity index (χ1n) is 5.98. The van der Waals surface area contributed by atoms with Gasteiger partial charge in [0, 0.05) is 20.8 Å². The summed E-state index contributed by atoms with van der Waals surface area (Å²) in [6.45, 7) is 2.03. The Bertz CT molecular complexity index is 658. The fourth-order valence-corrected chi connectivity index (χ4v) is 3.51. The highest BCUT2D eigenvalue weighted by molar-refractivity contribution is 9.10. The number of aryl methyl sites for hydroxylation is 1. The van der Waals surface area contributed by atoms with E-state index in [1.807, 2.05) is 31.2 Å². The fraction of sp³-hybridized carbons (Fsp3) is 0.133. The molecule has 0 amide bonds. The number of carboxylic acids is 1. The molecule has 0 radical (unpaired) electrons. The van der Waals surface area contributed by atoms with Crippen LogP contribution in [-0.2, 0) is 5.75 Å². The van der Waals surface area contributed by atoms with E-state index in [4.69, 9.17) is 10.8 Å². The van der Waals surface area contributed by atoms with Gasteiger partial charge in [0.05, 0.1) is 5.56 Å². The average molecular weight is 352 g/mol. The third-order valence-electron chi connectivity index (χ3n) is 2.88. The van der Waals surface area contributed by atoms with E-state index in [-0.39, 0.29) is 5.56 Å². The first-order chi connectivity index (χ1) is 9.47. The normalized spacial score (nSPS) is 10.5. The quantitative estimate of drug-likeness (QED) is 0.635. The minimum Gasteiger partial charge on any atom is -0.478 e. The van der Waals surface area contributed by atoms with Gasteiger partial charge in [-0.15, -0.1) is 11.8 Å². The predicted octanol–water partition coefficient (Wildman–Crippen LogP) is 4.33. The summed E-state index contributed by atoms with van der Waals surface area (Å²) in [6.07, 6.45) is 0. The lowest BCUT2D eigenvalue weighted by Gasteiger charge is -2.08. The van der Waals surface area contributed by atoms with Crippen molar-refractivity contribution in [1.82, 2.24) is 0 Å². The third-order valence-corrected chi connectivity index (χ3v) is 4.84. The minimum absolute atomic E-state index is 0.286. The van der Waals surface area contributed by atoms with E-state index in [2.05, 4.69) is 15.9 Å². The summed E-state index contributed by atoms with van der Waals surface area (Å²) >= 11 is 5.13. The number of halogens is 1. The smallest absolute Gasteiger partial charge is 0.335 e. The van der Waals surface area contributed by atoms with Crippen LogP contribution in [-0.4, -0.2) is 11.1 Å². The number of carboxylic acid groups (broad SMARTS) is 1. The van der Waals surface area contributed by atoms with Crippen LogP contribution in [0.4, 0.5) is 5.69 Å². The monoisotopic (exact) mass is 351 g/mol. The van der Waals surface area contributed by atoms with Gasteiger partial charge in [0.1, 0.15) is 0 Å². The van der Waals surface area contributed by atoms with Gasteiger partial charge < -0.3 is 10.8 Å². The molecule has 0 heterocycles. The van der Waals surface area contributed by atoms with E-state index in [1.54, 1.807) is 23.9 Å². The second-order valence-electron chi connectivity index (χ2n) is 4.42. The molecule has 0 saturated heterocycles. The SMILES string of the molecule is Cc1cc(N)ccc1SCc1ccc(C(=O)O)cc1Br. The van der Waals surface area contributed by atoms with Crippen LogP contribution in [0.2, 0.25) is 0 Å². The van der Waals surface area contributed by atoms with Crippen LogP contribution in [0.1, 0.15) is 21.5 Å². The summed E-state index contributed by atoms with van der Waals surface area (Å²) in [4.78, 5) is 12.1. The topological polar surface area (TPSA) is 63.3 Å². The zero-order valence-electron chi connectivity index (χ0n) is 10.9. The molecule has 0 fully saturated rings. The Labute approximate surface area is 130 Å². The molecule has 0 aliphatic heterocycles. The number of aromatic carboxylic acids is 1. The van der Waals surface area contributed by atoms with E-state index in [1.165, 1.54) is 4.90 Å². The standard InChI is InChI=1S/C15H14BrNO2S/c1-9-6-12(17)4-5-14(9)20-8-11-3-2-10(15(18)19)7-13(11)16/h2-7H,8,17H2,1H3,(H,18,19). The molecular weight excluding hydrogens is 338 g/mol. The summed E-state index contributed by atoms with van der Waals surface area (Å²) in [6, 6.07) is 10.9. The van der Waals surface area contributed by atoms with Gasteiger partial charge in [-0.3, -0.25) is 0 Å². The van der Waals surface area contributed by atoms with Gasteiger partial charge in [0.15, 0.2) is 0 Å². The number of benzene rings is 2. The molecule has 2 aromatic carbocycles. The van der Waals surface area contributed by atoms with Crippen LogP contribution in [0.5, 0.6) is 0 Å². The molecule has 0 unspecified atom stereocenters. The van der Waals surface area contributed by atoms with Crippen molar-refractivity contribution in [2.45, 2.75) is 17.6 Å². The van der Waals surface area contributed by atoms with Crippen molar-refractivity contribution >= 4 is 39.3 Å². The molecule has 0 aliphatic rings. The number of carbonyl (C=O) groups is 1. The second-order valence-corrected chi connectivity index (χ2v) is 6.30. The summed E-state index contributed by atoms with van der Waals surface area (Å²) in [5, 5.41) is 8.93. The second kappa shape index (κ2) is 6.33. The van der Waals surface area contributed by atoms with Gasteiger partial charge in [-0.05, 0) is 48.4 Å². The van der Waals surface area contributed by atoms with Crippen LogP contribution in [0.25, 0.3) is 0 Å². The summed E-state index contributed by atoms with van der Waals surface area (Å²) in [5.41, 5.74) is 8.99. The van der Waals surface area contributed by atoms with Gasteiger partial charge in [0.25, 0.3) is 0 Å². The fourth-order valence-electron chi connectivity index (χ4n) is 1.79. The molecule has 0 bridgehead atoms. The van der Waals surface area contributed by atoms with Crippen molar-refractivity contribution in [3.8, 4) is 0 Å². The first kappa shape index (κ1) is 14.9. The number of rotatable bonds is 4. The summed E-state index contributed by atoms with van der Waals surface area (Å²) in [7, 11) is 0. The van der Waals surface area contributed by atoms with Gasteiger partial charge in [-0.25, -0.2) is 4.79 Å². The Kier molecular flexibility index (Phi) is 4.73. The van der Waals surface area contributed by atoms with E-state index in [0.29, 0.717) is 0 Å². The molecule has 5 heteroatoms. The highest BCUT2D eigenvalue weighted by Crippen LogP contribution is 2.30. The molecule has 2 rings (SSSR count). The molecular formula is C15H14BrNO2S. The Balaban J connectivity index is 2.13. The Morgan fingerprint density at radius 2 is 2.05 bits per heavy atom. The highest BCUT2D eigenvalue weighted by Gasteiger charge is 2.08. The molecule has 0 aliphatic carbocycles. The Morgan fingerprint density at radius 1 is 1.30 bits per heavy atom. The van der Waals surface area contributed by atoms with Crippen LogP contribution in [0, 0.1) is 6.92 Å². The maximum absolute atomic E-state index is 10.9. The lowest BCUT2D eigenvalue weighted by molar-refractivity contribution is 0.0697. The molecule has 3 nitrogen and oxygen atoms in total. The largest absolute Gasteiger partial charge is 0.478 e. The van der Waals surface area contributed by atoms with E-state index >= 15 is 0 Å². The maximum Gasteiger partial charge on any atom is 0.335 e. The van der Waals surface area contributed by atoms with Crippen molar-refractivity contribution < 1.29 is 9.90 Å². The van der Waals surface area contributed by atoms with Crippen molar-refractivity contribution in [3.05, 3.63) is 57.6 Å². The molecule has 0 aromatic heterocycles. The summed E-state index contributed by atoms with van der Waals surface area (Å²) < 4.78 is 0.818. The number of hydrogen-bond donors (Lipinski definition) is 2.